The number of likely N-dealkylation sites (tertiary alicyclic amines) is 1. The molecule has 0 bridgehead atoms. The van der Waals surface area contributed by atoms with Crippen LogP contribution in [0.2, 0.25) is 0 Å². The Kier molecular flexibility index (Phi) is 6.88. The SMILES string of the molecule is COc1ccccc1CN1C(=O)C(=O)/C(=C(\O)c2ccc(OC)c(C(C)(C)C)c2)C1c1ccccc1. The van der Waals surface area contributed by atoms with E-state index in [-0.39, 0.29) is 23.3 Å². The van der Waals surface area contributed by atoms with Crippen LogP contribution in [0.3, 0.4) is 0 Å². The molecule has 3 aromatic carbocycles. The van der Waals surface area contributed by atoms with E-state index in [1.165, 1.54) is 4.90 Å². The summed E-state index contributed by atoms with van der Waals surface area (Å²) >= 11 is 0. The number of aliphatic hydroxyl groups excluding tert-OH is 1. The van der Waals surface area contributed by atoms with E-state index in [4.69, 9.17) is 9.47 Å². The van der Waals surface area contributed by atoms with Crippen LogP contribution >= 0.6 is 0 Å². The molecule has 1 heterocycles. The van der Waals surface area contributed by atoms with E-state index in [9.17, 15) is 14.7 Å². The smallest absolute Gasteiger partial charge is 0.295 e. The van der Waals surface area contributed by atoms with Gasteiger partial charge in [-0.3, -0.25) is 9.59 Å². The van der Waals surface area contributed by atoms with E-state index in [0.29, 0.717) is 17.1 Å². The van der Waals surface area contributed by atoms with Gasteiger partial charge < -0.3 is 19.5 Å². The fraction of sp³-hybridized carbons (Fsp3) is 0.267. The predicted molar refractivity (Wildman–Crippen MR) is 139 cm³/mol. The predicted octanol–water partition coefficient (Wildman–Crippen LogP) is 5.62. The zero-order valence-corrected chi connectivity index (χ0v) is 21.2. The maximum Gasteiger partial charge on any atom is 0.295 e. The molecule has 36 heavy (non-hydrogen) atoms. The minimum absolute atomic E-state index is 0.0612. The second-order valence-corrected chi connectivity index (χ2v) is 9.81. The van der Waals surface area contributed by atoms with Gasteiger partial charge in [0.2, 0.25) is 0 Å². The van der Waals surface area contributed by atoms with Gasteiger partial charge in [0.1, 0.15) is 17.3 Å². The van der Waals surface area contributed by atoms with Crippen molar-refractivity contribution in [3.63, 3.8) is 0 Å². The third-order valence-electron chi connectivity index (χ3n) is 6.47. The molecule has 0 saturated carbocycles. The number of carbonyl (C=O) groups is 2. The van der Waals surface area contributed by atoms with Gasteiger partial charge in [0.25, 0.3) is 11.7 Å². The molecule has 0 aliphatic carbocycles. The van der Waals surface area contributed by atoms with Gasteiger partial charge in [0, 0.05) is 16.7 Å². The molecule has 1 unspecified atom stereocenters. The highest BCUT2D eigenvalue weighted by molar-refractivity contribution is 6.46. The molecule has 6 nitrogen and oxygen atoms in total. The first kappa shape index (κ1) is 25.0. The first-order chi connectivity index (χ1) is 17.2. The standard InChI is InChI=1S/C30H31NO5/c1-30(2,3)22-17-20(15-16-24(22)36-5)27(32)25-26(19-11-7-6-8-12-19)31(29(34)28(25)33)18-21-13-9-10-14-23(21)35-4/h6-17,26,32H,18H2,1-5H3/b27-25-. The first-order valence-corrected chi connectivity index (χ1v) is 11.8. The molecule has 1 N–H and O–H groups in total. The molecule has 1 saturated heterocycles. The molecule has 6 heteroatoms. The Labute approximate surface area is 211 Å². The van der Waals surface area contributed by atoms with Crippen molar-refractivity contribution in [2.45, 2.75) is 38.8 Å². The second-order valence-electron chi connectivity index (χ2n) is 9.81. The van der Waals surface area contributed by atoms with E-state index in [0.717, 1.165) is 16.7 Å². The minimum Gasteiger partial charge on any atom is -0.507 e. The third-order valence-corrected chi connectivity index (χ3v) is 6.47. The van der Waals surface area contributed by atoms with Crippen LogP contribution in [0.4, 0.5) is 0 Å². The van der Waals surface area contributed by atoms with Crippen LogP contribution in [-0.2, 0) is 21.5 Å². The summed E-state index contributed by atoms with van der Waals surface area (Å²) in [5.41, 5.74) is 2.63. The second kappa shape index (κ2) is 9.90. The van der Waals surface area contributed by atoms with Crippen LogP contribution in [-0.4, -0.2) is 35.9 Å². The van der Waals surface area contributed by atoms with Crippen molar-refractivity contribution in [1.29, 1.82) is 0 Å². The van der Waals surface area contributed by atoms with E-state index in [1.807, 2.05) is 81.4 Å². The lowest BCUT2D eigenvalue weighted by molar-refractivity contribution is -0.140. The Morgan fingerprint density at radius 3 is 2.17 bits per heavy atom. The van der Waals surface area contributed by atoms with Crippen LogP contribution in [0.15, 0.2) is 78.4 Å². The lowest BCUT2D eigenvalue weighted by Gasteiger charge is -2.26. The highest BCUT2D eigenvalue weighted by atomic mass is 16.5. The molecule has 1 fully saturated rings. The summed E-state index contributed by atoms with van der Waals surface area (Å²) < 4.78 is 11.0. The number of para-hydroxylation sites is 1. The van der Waals surface area contributed by atoms with Gasteiger partial charge in [0.05, 0.1) is 32.4 Å². The fourth-order valence-electron chi connectivity index (χ4n) is 4.64. The number of benzene rings is 3. The molecule has 1 amide bonds. The molecular weight excluding hydrogens is 454 g/mol. The summed E-state index contributed by atoms with van der Waals surface area (Å²) in [5.74, 6) is -0.283. The Morgan fingerprint density at radius 1 is 0.889 bits per heavy atom. The summed E-state index contributed by atoms with van der Waals surface area (Å²) in [4.78, 5) is 28.2. The minimum atomic E-state index is -0.753. The van der Waals surface area contributed by atoms with Gasteiger partial charge in [0.15, 0.2) is 0 Å². The normalized spacial score (nSPS) is 17.4. The number of hydrogen-bond acceptors (Lipinski definition) is 5. The lowest BCUT2D eigenvalue weighted by atomic mass is 9.84. The van der Waals surface area contributed by atoms with E-state index in [1.54, 1.807) is 26.4 Å². The number of carbonyl (C=O) groups excluding carboxylic acids is 2. The maximum atomic E-state index is 13.4. The number of ketones is 1. The van der Waals surface area contributed by atoms with Crippen LogP contribution in [0.5, 0.6) is 11.5 Å². The molecule has 186 valence electrons. The summed E-state index contributed by atoms with van der Waals surface area (Å²) in [5, 5.41) is 11.5. The summed E-state index contributed by atoms with van der Waals surface area (Å²) in [6.07, 6.45) is 0. The third kappa shape index (κ3) is 4.59. The number of hydrogen-bond donors (Lipinski definition) is 1. The van der Waals surface area contributed by atoms with Crippen LogP contribution in [0, 0.1) is 0 Å². The van der Waals surface area contributed by atoms with E-state index in [2.05, 4.69) is 0 Å². The van der Waals surface area contributed by atoms with Gasteiger partial charge in [-0.05, 0) is 35.2 Å². The highest BCUT2D eigenvalue weighted by Gasteiger charge is 2.46. The quantitative estimate of drug-likeness (QED) is 0.278. The van der Waals surface area contributed by atoms with Crippen LogP contribution < -0.4 is 9.47 Å². The Morgan fingerprint density at radius 2 is 1.53 bits per heavy atom. The molecule has 3 aromatic rings. The van der Waals surface area contributed by atoms with Crippen molar-refractivity contribution >= 4 is 17.4 Å². The van der Waals surface area contributed by atoms with Crippen molar-refractivity contribution in [2.24, 2.45) is 0 Å². The van der Waals surface area contributed by atoms with Crippen molar-refractivity contribution in [2.75, 3.05) is 14.2 Å². The summed E-state index contributed by atoms with van der Waals surface area (Å²) in [6.45, 7) is 6.29. The number of aliphatic hydroxyl groups is 1. The van der Waals surface area contributed by atoms with Crippen molar-refractivity contribution < 1.29 is 24.2 Å². The number of amides is 1. The van der Waals surface area contributed by atoms with Crippen molar-refractivity contribution in [3.8, 4) is 11.5 Å². The summed E-state index contributed by atoms with van der Waals surface area (Å²) in [6, 6.07) is 21.2. The largest absolute Gasteiger partial charge is 0.507 e. The molecule has 0 spiro atoms. The Bertz CT molecular complexity index is 1320. The average Bonchev–Trinajstić information content (AvgIpc) is 3.13. The first-order valence-electron chi connectivity index (χ1n) is 11.8. The van der Waals surface area contributed by atoms with Crippen molar-refractivity contribution in [1.82, 2.24) is 4.90 Å². The molecule has 0 aromatic heterocycles. The number of methoxy groups -OCH3 is 2. The van der Waals surface area contributed by atoms with Crippen LogP contribution in [0.1, 0.15) is 49.1 Å². The van der Waals surface area contributed by atoms with Gasteiger partial charge in [-0.25, -0.2) is 0 Å². The van der Waals surface area contributed by atoms with Crippen LogP contribution in [0.25, 0.3) is 5.76 Å². The number of nitrogens with zero attached hydrogens (tertiary/aromatic N) is 1. The molecule has 1 aliphatic rings. The fourth-order valence-corrected chi connectivity index (χ4v) is 4.64. The molecular formula is C30H31NO5. The zero-order valence-electron chi connectivity index (χ0n) is 21.2. The molecule has 1 aliphatic heterocycles. The Hall–Kier alpha value is -4.06. The average molecular weight is 486 g/mol. The van der Waals surface area contributed by atoms with E-state index < -0.39 is 17.7 Å². The molecule has 4 rings (SSSR count). The number of ether oxygens (including phenoxy) is 2. The summed E-state index contributed by atoms with van der Waals surface area (Å²) in [7, 11) is 3.17. The molecule has 1 atom stereocenters. The topological polar surface area (TPSA) is 76.1 Å². The van der Waals surface area contributed by atoms with Gasteiger partial charge in [-0.2, -0.15) is 0 Å². The van der Waals surface area contributed by atoms with Gasteiger partial charge >= 0.3 is 0 Å². The lowest BCUT2D eigenvalue weighted by Crippen LogP contribution is -2.29. The van der Waals surface area contributed by atoms with Gasteiger partial charge in [-0.1, -0.05) is 69.3 Å². The van der Waals surface area contributed by atoms with Crippen molar-refractivity contribution in [3.05, 3.63) is 101 Å². The monoisotopic (exact) mass is 485 g/mol. The Balaban J connectivity index is 1.89. The maximum absolute atomic E-state index is 13.4. The highest BCUT2D eigenvalue weighted by Crippen LogP contribution is 2.42. The molecule has 0 radical (unpaired) electrons. The number of Topliss-reactive ketones (excluding diaryl/α,β-unsaturated/α-hetero) is 1. The van der Waals surface area contributed by atoms with Gasteiger partial charge in [-0.15, -0.1) is 0 Å². The number of rotatable bonds is 6. The zero-order chi connectivity index (χ0) is 26.0. The van der Waals surface area contributed by atoms with E-state index >= 15 is 0 Å².